The first kappa shape index (κ1) is 22.4. The third-order valence-electron chi connectivity index (χ3n) is 7.90. The molecule has 2 fully saturated rings. The zero-order valence-electron chi connectivity index (χ0n) is 18.9. The van der Waals surface area contributed by atoms with Crippen LogP contribution in [-0.4, -0.2) is 0 Å². The molecule has 2 aromatic carbocycles. The number of rotatable bonds is 6. The molecule has 0 saturated heterocycles. The molecule has 2 aliphatic carbocycles. The lowest BCUT2D eigenvalue weighted by molar-refractivity contribution is 0.113. The van der Waals surface area contributed by atoms with E-state index in [9.17, 15) is 8.78 Å². The molecule has 4 rings (SSSR count). The summed E-state index contributed by atoms with van der Waals surface area (Å²) < 4.78 is 45.1. The van der Waals surface area contributed by atoms with Crippen LogP contribution < -0.4 is 0 Å². The van der Waals surface area contributed by atoms with Gasteiger partial charge in [-0.05, 0) is 98.1 Å². The highest BCUT2D eigenvalue weighted by Crippen LogP contribution is 2.49. The van der Waals surface area contributed by atoms with E-state index in [2.05, 4.69) is 6.92 Å². The summed E-state index contributed by atoms with van der Waals surface area (Å²) in [5.74, 6) is -0.0786. The van der Waals surface area contributed by atoms with Crippen LogP contribution in [0.15, 0.2) is 30.4 Å². The smallest absolute Gasteiger partial charge is 0.169 e. The number of fused-ring (bicyclic) bond motifs is 2. The van der Waals surface area contributed by atoms with Crippen molar-refractivity contribution < 1.29 is 13.2 Å². The lowest BCUT2D eigenvalue weighted by atomic mass is 9.63. The standard InChI is InChI=1S/C28H35F3/c1-3-5-6-8-23-17-22-13-14-24(27(30)25(22)28(31)26(23)29)21-12-11-19-15-18(7-4-2)9-10-20(19)16-21/h3,5,13-14,17-21H,4,6-12,15-16H2,1-2H3. The highest BCUT2D eigenvalue weighted by atomic mass is 19.2. The molecule has 3 heteroatoms. The normalized spacial score (nSPS) is 26.5. The largest absolute Gasteiger partial charge is 0.206 e. The second kappa shape index (κ2) is 9.79. The van der Waals surface area contributed by atoms with E-state index in [0.717, 1.165) is 31.1 Å². The summed E-state index contributed by atoms with van der Waals surface area (Å²) in [6.07, 6.45) is 14.4. The van der Waals surface area contributed by atoms with Gasteiger partial charge in [-0.25, -0.2) is 13.2 Å². The molecule has 0 spiro atoms. The Morgan fingerprint density at radius 3 is 2.48 bits per heavy atom. The van der Waals surface area contributed by atoms with Gasteiger partial charge in [0.05, 0.1) is 5.39 Å². The predicted octanol–water partition coefficient (Wildman–Crippen LogP) is 8.87. The number of allylic oxidation sites excluding steroid dienone is 2. The Labute approximate surface area is 184 Å². The molecule has 0 N–H and O–H groups in total. The molecule has 0 bridgehead atoms. The van der Waals surface area contributed by atoms with Gasteiger partial charge in [0.25, 0.3) is 0 Å². The maximum absolute atomic E-state index is 15.5. The van der Waals surface area contributed by atoms with Crippen LogP contribution in [0.4, 0.5) is 13.2 Å². The van der Waals surface area contributed by atoms with Crippen molar-refractivity contribution in [1.82, 2.24) is 0 Å². The fourth-order valence-electron chi connectivity index (χ4n) is 6.29. The van der Waals surface area contributed by atoms with Gasteiger partial charge in [-0.1, -0.05) is 50.5 Å². The molecule has 0 nitrogen and oxygen atoms in total. The summed E-state index contributed by atoms with van der Waals surface area (Å²) in [5.41, 5.74) is 0.904. The Morgan fingerprint density at radius 1 is 0.935 bits per heavy atom. The summed E-state index contributed by atoms with van der Waals surface area (Å²) >= 11 is 0. The Morgan fingerprint density at radius 2 is 1.71 bits per heavy atom. The molecule has 0 heterocycles. The van der Waals surface area contributed by atoms with Gasteiger partial charge in [0.1, 0.15) is 5.82 Å². The van der Waals surface area contributed by atoms with E-state index in [-0.39, 0.29) is 11.3 Å². The lowest BCUT2D eigenvalue weighted by Crippen LogP contribution is -2.30. The van der Waals surface area contributed by atoms with Gasteiger partial charge in [0.15, 0.2) is 11.6 Å². The van der Waals surface area contributed by atoms with E-state index >= 15 is 4.39 Å². The Kier molecular flexibility index (Phi) is 7.08. The van der Waals surface area contributed by atoms with Crippen LogP contribution in [0.2, 0.25) is 0 Å². The first-order valence-corrected chi connectivity index (χ1v) is 12.2. The molecule has 4 atom stereocenters. The van der Waals surface area contributed by atoms with Gasteiger partial charge in [0, 0.05) is 0 Å². The monoisotopic (exact) mass is 428 g/mol. The fourth-order valence-corrected chi connectivity index (χ4v) is 6.29. The number of halogens is 3. The van der Waals surface area contributed by atoms with Crippen LogP contribution in [0.5, 0.6) is 0 Å². The minimum Gasteiger partial charge on any atom is -0.206 e. The van der Waals surface area contributed by atoms with Gasteiger partial charge in [-0.15, -0.1) is 0 Å². The molecule has 168 valence electrons. The Balaban J connectivity index is 1.57. The van der Waals surface area contributed by atoms with E-state index in [0.29, 0.717) is 35.3 Å². The molecule has 2 aliphatic rings. The zero-order chi connectivity index (χ0) is 22.0. The SMILES string of the molecule is CC=CCCc1cc2ccc(C3CCC4CC(CCC)CCC4C3)c(F)c2c(F)c1F. The van der Waals surface area contributed by atoms with Crippen molar-refractivity contribution in [3.8, 4) is 0 Å². The van der Waals surface area contributed by atoms with E-state index in [1.807, 2.05) is 25.1 Å². The fraction of sp³-hybridized carbons (Fsp3) is 0.571. The number of hydrogen-bond donors (Lipinski definition) is 0. The molecule has 0 amide bonds. The number of aryl methyl sites for hydroxylation is 1. The third-order valence-corrected chi connectivity index (χ3v) is 7.90. The van der Waals surface area contributed by atoms with E-state index < -0.39 is 17.5 Å². The molecule has 0 aliphatic heterocycles. The van der Waals surface area contributed by atoms with Crippen molar-refractivity contribution in [3.05, 3.63) is 58.9 Å². The zero-order valence-corrected chi connectivity index (χ0v) is 18.9. The van der Waals surface area contributed by atoms with Gasteiger partial charge in [-0.2, -0.15) is 0 Å². The first-order chi connectivity index (χ1) is 15.0. The molecule has 2 aromatic rings. The van der Waals surface area contributed by atoms with Crippen molar-refractivity contribution in [2.24, 2.45) is 17.8 Å². The van der Waals surface area contributed by atoms with Crippen LogP contribution in [-0.2, 0) is 6.42 Å². The Hall–Kier alpha value is -1.77. The second-order valence-corrected chi connectivity index (χ2v) is 9.84. The Bertz CT molecular complexity index is 945. The molecule has 2 saturated carbocycles. The van der Waals surface area contributed by atoms with Crippen molar-refractivity contribution in [1.29, 1.82) is 0 Å². The van der Waals surface area contributed by atoms with Gasteiger partial charge < -0.3 is 0 Å². The summed E-state index contributed by atoms with van der Waals surface area (Å²) in [6, 6.07) is 5.24. The highest BCUT2D eigenvalue weighted by molar-refractivity contribution is 5.85. The summed E-state index contributed by atoms with van der Waals surface area (Å²) in [6.45, 7) is 4.16. The van der Waals surface area contributed by atoms with Crippen LogP contribution in [0.25, 0.3) is 10.8 Å². The van der Waals surface area contributed by atoms with Crippen LogP contribution >= 0.6 is 0 Å². The van der Waals surface area contributed by atoms with Crippen molar-refractivity contribution in [2.75, 3.05) is 0 Å². The van der Waals surface area contributed by atoms with Crippen LogP contribution in [0.1, 0.15) is 88.7 Å². The topological polar surface area (TPSA) is 0 Å². The number of benzene rings is 2. The molecular weight excluding hydrogens is 393 g/mol. The quantitative estimate of drug-likeness (QED) is 0.403. The maximum Gasteiger partial charge on any atom is 0.169 e. The van der Waals surface area contributed by atoms with Gasteiger partial charge in [-0.3, -0.25) is 0 Å². The average molecular weight is 429 g/mol. The minimum absolute atomic E-state index is 0.116. The third kappa shape index (κ3) is 4.56. The summed E-state index contributed by atoms with van der Waals surface area (Å²) in [7, 11) is 0. The van der Waals surface area contributed by atoms with Crippen molar-refractivity contribution in [3.63, 3.8) is 0 Å². The molecular formula is C28H35F3. The second-order valence-electron chi connectivity index (χ2n) is 9.84. The highest BCUT2D eigenvalue weighted by Gasteiger charge is 2.36. The number of hydrogen-bond acceptors (Lipinski definition) is 0. The minimum atomic E-state index is -1.03. The molecule has 0 aromatic heterocycles. The van der Waals surface area contributed by atoms with Crippen LogP contribution in [0.3, 0.4) is 0 Å². The molecule has 31 heavy (non-hydrogen) atoms. The van der Waals surface area contributed by atoms with E-state index in [1.54, 1.807) is 12.1 Å². The van der Waals surface area contributed by atoms with Crippen molar-refractivity contribution >= 4 is 10.8 Å². The van der Waals surface area contributed by atoms with Crippen LogP contribution in [0, 0.1) is 35.2 Å². The predicted molar refractivity (Wildman–Crippen MR) is 123 cm³/mol. The van der Waals surface area contributed by atoms with Crippen molar-refractivity contribution in [2.45, 2.75) is 84.0 Å². The summed E-state index contributed by atoms with van der Waals surface area (Å²) in [4.78, 5) is 0. The lowest BCUT2D eigenvalue weighted by Gasteiger charge is -2.42. The summed E-state index contributed by atoms with van der Waals surface area (Å²) in [5, 5.41) is 0.294. The first-order valence-electron chi connectivity index (χ1n) is 12.2. The average Bonchev–Trinajstić information content (AvgIpc) is 2.77. The maximum atomic E-state index is 15.5. The molecule has 4 unspecified atom stereocenters. The van der Waals surface area contributed by atoms with Gasteiger partial charge >= 0.3 is 0 Å². The van der Waals surface area contributed by atoms with E-state index in [4.69, 9.17) is 0 Å². The van der Waals surface area contributed by atoms with E-state index in [1.165, 1.54) is 32.1 Å². The molecule has 0 radical (unpaired) electrons. The van der Waals surface area contributed by atoms with Gasteiger partial charge in [0.2, 0.25) is 0 Å².